The fourth-order valence-corrected chi connectivity index (χ4v) is 1.74. The van der Waals surface area contributed by atoms with Crippen molar-refractivity contribution in [1.29, 1.82) is 5.26 Å². The maximum absolute atomic E-state index is 8.71. The van der Waals surface area contributed by atoms with Gasteiger partial charge in [0.25, 0.3) is 0 Å². The normalized spacial score (nSPS) is 9.85. The van der Waals surface area contributed by atoms with Crippen molar-refractivity contribution in [2.45, 2.75) is 6.92 Å². The molecule has 102 valence electrons. The van der Waals surface area contributed by atoms with Gasteiger partial charge in [0.2, 0.25) is 0 Å². The molecule has 0 bridgehead atoms. The average Bonchev–Trinajstić information content (AvgIpc) is 2.49. The molecule has 2 rings (SSSR count). The van der Waals surface area contributed by atoms with Crippen molar-refractivity contribution < 1.29 is 4.74 Å². The van der Waals surface area contributed by atoms with Crippen LogP contribution in [0.15, 0.2) is 42.6 Å². The topological polar surface area (TPSA) is 49.1 Å². The Hall–Kier alpha value is -2.54. The summed E-state index contributed by atoms with van der Waals surface area (Å²) in [6.45, 7) is 3.40. The van der Waals surface area contributed by atoms with Crippen molar-refractivity contribution in [3.63, 3.8) is 0 Å². The summed E-state index contributed by atoms with van der Waals surface area (Å²) in [5, 5.41) is 8.71. The van der Waals surface area contributed by atoms with Crippen LogP contribution in [-0.2, 0) is 0 Å². The Morgan fingerprint density at radius 1 is 1.20 bits per heavy atom. The average molecular weight is 267 g/mol. The molecule has 0 atom stereocenters. The molecule has 4 heteroatoms. The molecule has 0 unspecified atom stereocenters. The zero-order chi connectivity index (χ0) is 14.4. The second kappa shape index (κ2) is 6.58. The van der Waals surface area contributed by atoms with Crippen LogP contribution in [0.2, 0.25) is 0 Å². The number of likely N-dealkylation sites (N-methyl/N-ethyl adjacent to an activating group) is 1. The Bertz CT molecular complexity index is 585. The van der Waals surface area contributed by atoms with E-state index in [-0.39, 0.29) is 0 Å². The summed E-state index contributed by atoms with van der Waals surface area (Å²) in [6.07, 6.45) is 1.70. The summed E-state index contributed by atoms with van der Waals surface area (Å²) >= 11 is 0. The Labute approximate surface area is 119 Å². The predicted molar refractivity (Wildman–Crippen MR) is 78.9 cm³/mol. The number of anilines is 1. The van der Waals surface area contributed by atoms with Crippen LogP contribution in [0.1, 0.15) is 11.3 Å². The highest BCUT2D eigenvalue weighted by molar-refractivity contribution is 5.45. The van der Waals surface area contributed by atoms with E-state index in [1.807, 2.05) is 48.3 Å². The van der Waals surface area contributed by atoms with E-state index in [0.29, 0.717) is 12.3 Å². The highest BCUT2D eigenvalue weighted by Gasteiger charge is 2.02. The van der Waals surface area contributed by atoms with Crippen LogP contribution in [-0.4, -0.2) is 25.2 Å². The van der Waals surface area contributed by atoms with E-state index in [4.69, 9.17) is 10.00 Å². The van der Waals surface area contributed by atoms with E-state index in [2.05, 4.69) is 11.9 Å². The summed E-state index contributed by atoms with van der Waals surface area (Å²) in [7, 11) is 1.97. The van der Waals surface area contributed by atoms with Crippen LogP contribution in [0, 0.1) is 18.3 Å². The lowest BCUT2D eigenvalue weighted by atomic mass is 10.2. The van der Waals surface area contributed by atoms with Crippen LogP contribution in [0.25, 0.3) is 0 Å². The van der Waals surface area contributed by atoms with Crippen molar-refractivity contribution in [2.24, 2.45) is 0 Å². The van der Waals surface area contributed by atoms with Crippen LogP contribution in [0.3, 0.4) is 0 Å². The minimum absolute atomic E-state index is 0.429. The smallest absolute Gasteiger partial charge is 0.140 e. The maximum Gasteiger partial charge on any atom is 0.140 e. The third-order valence-electron chi connectivity index (χ3n) is 3.02. The van der Waals surface area contributed by atoms with Gasteiger partial charge in [0, 0.05) is 7.05 Å². The van der Waals surface area contributed by atoms with E-state index in [1.165, 1.54) is 5.56 Å². The number of rotatable bonds is 5. The first-order chi connectivity index (χ1) is 9.69. The summed E-state index contributed by atoms with van der Waals surface area (Å²) < 4.78 is 5.68. The van der Waals surface area contributed by atoms with Gasteiger partial charge >= 0.3 is 0 Å². The number of aryl methyl sites for hydroxylation is 1. The van der Waals surface area contributed by atoms with E-state index in [9.17, 15) is 0 Å². The minimum atomic E-state index is 0.429. The van der Waals surface area contributed by atoms with Gasteiger partial charge in [-0.15, -0.1) is 0 Å². The molecule has 0 fully saturated rings. The third kappa shape index (κ3) is 3.72. The highest BCUT2D eigenvalue weighted by Crippen LogP contribution is 2.13. The molecule has 1 aromatic heterocycles. The molecule has 0 amide bonds. The van der Waals surface area contributed by atoms with Gasteiger partial charge in [-0.3, -0.25) is 0 Å². The monoisotopic (exact) mass is 267 g/mol. The molecule has 0 aliphatic heterocycles. The lowest BCUT2D eigenvalue weighted by Gasteiger charge is -2.19. The summed E-state index contributed by atoms with van der Waals surface area (Å²) in [6, 6.07) is 13.6. The predicted octanol–water partition coefficient (Wildman–Crippen LogP) is 2.78. The lowest BCUT2D eigenvalue weighted by molar-refractivity contribution is 0.326. The zero-order valence-corrected chi connectivity index (χ0v) is 11.7. The van der Waals surface area contributed by atoms with Crippen LogP contribution < -0.4 is 9.64 Å². The highest BCUT2D eigenvalue weighted by atomic mass is 16.5. The summed E-state index contributed by atoms with van der Waals surface area (Å²) in [5.74, 6) is 0.877. The van der Waals surface area contributed by atoms with Crippen molar-refractivity contribution in [3.05, 3.63) is 53.9 Å². The molecule has 0 aliphatic carbocycles. The summed E-state index contributed by atoms with van der Waals surface area (Å²) in [4.78, 5) is 6.09. The molecule has 20 heavy (non-hydrogen) atoms. The number of nitrogens with zero attached hydrogens (tertiary/aromatic N) is 3. The second-order valence-electron chi connectivity index (χ2n) is 4.60. The van der Waals surface area contributed by atoms with Crippen LogP contribution >= 0.6 is 0 Å². The first kappa shape index (κ1) is 13.9. The van der Waals surface area contributed by atoms with Crippen molar-refractivity contribution in [3.8, 4) is 11.8 Å². The fraction of sp³-hybridized carbons (Fsp3) is 0.250. The molecule has 4 nitrogen and oxygen atoms in total. The Morgan fingerprint density at radius 3 is 2.55 bits per heavy atom. The Kier molecular flexibility index (Phi) is 4.56. The van der Waals surface area contributed by atoms with Crippen LogP contribution in [0.5, 0.6) is 5.75 Å². The number of aromatic nitrogens is 1. The SMILES string of the molecule is Cc1ccc(OCCN(C)c2ccc(C#N)nc2)cc1. The number of hydrogen-bond acceptors (Lipinski definition) is 4. The van der Waals surface area contributed by atoms with Crippen LogP contribution in [0.4, 0.5) is 5.69 Å². The van der Waals surface area contributed by atoms with E-state index >= 15 is 0 Å². The van der Waals surface area contributed by atoms with Gasteiger partial charge in [0.05, 0.1) is 18.4 Å². The Morgan fingerprint density at radius 2 is 1.95 bits per heavy atom. The molecule has 0 N–H and O–H groups in total. The number of pyridine rings is 1. The van der Waals surface area contributed by atoms with E-state index in [0.717, 1.165) is 18.0 Å². The van der Waals surface area contributed by atoms with E-state index < -0.39 is 0 Å². The molecule has 0 saturated heterocycles. The largest absolute Gasteiger partial charge is 0.492 e. The van der Waals surface area contributed by atoms with Gasteiger partial charge in [-0.1, -0.05) is 17.7 Å². The number of nitriles is 1. The molecular weight excluding hydrogens is 250 g/mol. The van der Waals surface area contributed by atoms with Gasteiger partial charge in [-0.25, -0.2) is 4.98 Å². The number of hydrogen-bond donors (Lipinski definition) is 0. The molecular formula is C16H17N3O. The molecule has 0 radical (unpaired) electrons. The molecule has 0 spiro atoms. The van der Waals surface area contributed by atoms with Crippen molar-refractivity contribution in [1.82, 2.24) is 4.98 Å². The first-order valence-electron chi connectivity index (χ1n) is 6.46. The first-order valence-corrected chi connectivity index (χ1v) is 6.46. The van der Waals surface area contributed by atoms with E-state index in [1.54, 1.807) is 12.3 Å². The summed E-state index contributed by atoms with van der Waals surface area (Å²) in [5.41, 5.74) is 2.62. The molecule has 1 aromatic carbocycles. The molecule has 0 aliphatic rings. The Balaban J connectivity index is 1.84. The quantitative estimate of drug-likeness (QED) is 0.835. The van der Waals surface area contributed by atoms with Crippen molar-refractivity contribution in [2.75, 3.05) is 25.1 Å². The minimum Gasteiger partial charge on any atom is -0.492 e. The lowest BCUT2D eigenvalue weighted by Crippen LogP contribution is -2.23. The zero-order valence-electron chi connectivity index (χ0n) is 11.7. The van der Waals surface area contributed by atoms with Gasteiger partial charge in [0.15, 0.2) is 0 Å². The van der Waals surface area contributed by atoms with Gasteiger partial charge in [-0.2, -0.15) is 5.26 Å². The molecule has 0 saturated carbocycles. The van der Waals surface area contributed by atoms with Gasteiger partial charge in [0.1, 0.15) is 24.1 Å². The molecule has 2 aromatic rings. The maximum atomic E-state index is 8.71. The number of ether oxygens (including phenoxy) is 1. The van der Waals surface area contributed by atoms with Gasteiger partial charge in [-0.05, 0) is 31.2 Å². The fourth-order valence-electron chi connectivity index (χ4n) is 1.74. The molecule has 1 heterocycles. The third-order valence-corrected chi connectivity index (χ3v) is 3.02. The standard InChI is InChI=1S/C16H17N3O/c1-13-3-7-16(8-4-13)20-10-9-19(2)15-6-5-14(11-17)18-12-15/h3-8,12H,9-10H2,1-2H3. The second-order valence-corrected chi connectivity index (χ2v) is 4.60. The number of benzene rings is 1. The van der Waals surface area contributed by atoms with Crippen molar-refractivity contribution >= 4 is 5.69 Å². The van der Waals surface area contributed by atoms with Gasteiger partial charge < -0.3 is 9.64 Å².